The van der Waals surface area contributed by atoms with Gasteiger partial charge < -0.3 is 10.5 Å². The van der Waals surface area contributed by atoms with E-state index in [9.17, 15) is 15.3 Å². The fourth-order valence-electron chi connectivity index (χ4n) is 4.32. The van der Waals surface area contributed by atoms with Gasteiger partial charge in [0, 0.05) is 6.42 Å². The van der Waals surface area contributed by atoms with Crippen molar-refractivity contribution in [1.29, 1.82) is 10.5 Å². The maximum atomic E-state index is 12.8. The molecule has 1 aromatic carbocycles. The minimum absolute atomic E-state index is 0.132. The van der Waals surface area contributed by atoms with Gasteiger partial charge in [-0.05, 0) is 30.4 Å². The van der Waals surface area contributed by atoms with Gasteiger partial charge in [-0.25, -0.2) is 0 Å². The Hall–Kier alpha value is -3.12. The molecule has 1 aliphatic carbocycles. The number of carbonyl (C=O) groups is 1. The number of amidine groups is 1. The lowest BCUT2D eigenvalue weighted by Crippen LogP contribution is -2.56. The Morgan fingerprint density at radius 2 is 1.88 bits per heavy atom. The summed E-state index contributed by atoms with van der Waals surface area (Å²) in [5.74, 6) is -0.133. The summed E-state index contributed by atoms with van der Waals surface area (Å²) < 4.78 is 6.22. The van der Waals surface area contributed by atoms with Crippen LogP contribution in [0.25, 0.3) is 0 Å². The average Bonchev–Trinajstić information content (AvgIpc) is 2.89. The Morgan fingerprint density at radius 3 is 2.56 bits per heavy atom. The molecule has 0 saturated heterocycles. The van der Waals surface area contributed by atoms with E-state index in [-0.39, 0.29) is 5.84 Å². The first kappa shape index (κ1) is 15.4. The lowest BCUT2D eigenvalue weighted by atomic mass is 9.55. The number of ether oxygens (including phenoxy) is 1. The summed E-state index contributed by atoms with van der Waals surface area (Å²) in [6, 6.07) is 13.5. The first-order valence-electron chi connectivity index (χ1n) is 8.27. The van der Waals surface area contributed by atoms with E-state index in [1.807, 2.05) is 30.3 Å². The first-order chi connectivity index (χ1) is 12.1. The van der Waals surface area contributed by atoms with Crippen LogP contribution in [0.2, 0.25) is 0 Å². The van der Waals surface area contributed by atoms with Gasteiger partial charge >= 0.3 is 0 Å². The minimum Gasteiger partial charge on any atom is -0.488 e. The largest absolute Gasteiger partial charge is 0.488 e. The highest BCUT2D eigenvalue weighted by Crippen LogP contribution is 2.63. The van der Waals surface area contributed by atoms with Crippen LogP contribution in [0.15, 0.2) is 46.7 Å². The van der Waals surface area contributed by atoms with Crippen molar-refractivity contribution < 1.29 is 9.53 Å². The molecule has 2 aliphatic heterocycles. The summed E-state index contributed by atoms with van der Waals surface area (Å²) in [5.41, 5.74) is 4.04. The van der Waals surface area contributed by atoms with E-state index < -0.39 is 22.8 Å². The molecule has 0 unspecified atom stereocenters. The van der Waals surface area contributed by atoms with Crippen molar-refractivity contribution in [2.24, 2.45) is 21.6 Å². The number of hydrogen-bond acceptors (Lipinski definition) is 5. The normalized spacial score (nSPS) is 33.4. The number of nitrogens with zero attached hydrogens (tertiary/aromatic N) is 3. The van der Waals surface area contributed by atoms with Gasteiger partial charge in [0.2, 0.25) is 0 Å². The van der Waals surface area contributed by atoms with Crippen molar-refractivity contribution in [3.63, 3.8) is 0 Å². The maximum absolute atomic E-state index is 12.8. The van der Waals surface area contributed by atoms with Gasteiger partial charge in [0.1, 0.15) is 5.84 Å². The Morgan fingerprint density at radius 1 is 1.16 bits per heavy atom. The van der Waals surface area contributed by atoms with Crippen LogP contribution in [-0.2, 0) is 9.53 Å². The monoisotopic (exact) mass is 332 g/mol. The Labute approximate surface area is 145 Å². The third kappa shape index (κ3) is 1.66. The van der Waals surface area contributed by atoms with Crippen LogP contribution in [0, 0.1) is 33.5 Å². The summed E-state index contributed by atoms with van der Waals surface area (Å²) in [5, 5.41) is 20.2. The topological polar surface area (TPSA) is 112 Å². The van der Waals surface area contributed by atoms with Gasteiger partial charge in [-0.15, -0.1) is 0 Å². The maximum Gasteiger partial charge on any atom is 0.274 e. The number of nitriles is 2. The lowest BCUT2D eigenvalue weighted by Gasteiger charge is -2.47. The zero-order valence-electron chi connectivity index (χ0n) is 13.5. The lowest BCUT2D eigenvalue weighted by molar-refractivity contribution is -0.129. The van der Waals surface area contributed by atoms with Crippen molar-refractivity contribution in [3.05, 3.63) is 47.2 Å². The first-order valence-corrected chi connectivity index (χ1v) is 8.27. The standard InChI is InChI=1S/C19H16N4O2/c20-10-18-13-8-4-5-9-14(13)25-15(12-6-2-1-3-7-12)19(18,11-21)16(22)23-17(18)24/h1-3,6-7,15H,4-5,8-9H2,(H2,22,23,24)/t15-,18-,19+/m0/s1. The number of fused-ring (bicyclic) bond motifs is 2. The summed E-state index contributed by atoms with van der Waals surface area (Å²) in [6.07, 6.45) is 2.12. The number of aliphatic imine (C=N–C) groups is 1. The quantitative estimate of drug-likeness (QED) is 0.849. The van der Waals surface area contributed by atoms with Crippen LogP contribution < -0.4 is 5.73 Å². The highest BCUT2D eigenvalue weighted by atomic mass is 16.5. The molecule has 0 bridgehead atoms. The molecule has 0 aromatic heterocycles. The second-order valence-electron chi connectivity index (χ2n) is 6.60. The van der Waals surface area contributed by atoms with Gasteiger partial charge in [0.05, 0.1) is 17.9 Å². The fourth-order valence-corrected chi connectivity index (χ4v) is 4.32. The molecule has 4 rings (SSSR count). The van der Waals surface area contributed by atoms with Crippen LogP contribution in [0.3, 0.4) is 0 Å². The Kier molecular flexibility index (Phi) is 3.20. The summed E-state index contributed by atoms with van der Waals surface area (Å²) in [7, 11) is 0. The van der Waals surface area contributed by atoms with Crippen LogP contribution in [0.5, 0.6) is 0 Å². The van der Waals surface area contributed by atoms with Crippen molar-refractivity contribution in [3.8, 4) is 12.1 Å². The predicted molar refractivity (Wildman–Crippen MR) is 88.5 cm³/mol. The number of amides is 1. The molecule has 0 saturated carbocycles. The van der Waals surface area contributed by atoms with E-state index in [0.717, 1.165) is 12.8 Å². The Balaban J connectivity index is 2.06. The van der Waals surface area contributed by atoms with E-state index in [0.29, 0.717) is 29.7 Å². The smallest absolute Gasteiger partial charge is 0.274 e. The molecule has 2 N–H and O–H groups in total. The van der Waals surface area contributed by atoms with Gasteiger partial charge in [-0.2, -0.15) is 15.5 Å². The number of nitrogens with two attached hydrogens (primary N) is 1. The number of rotatable bonds is 1. The van der Waals surface area contributed by atoms with Gasteiger partial charge in [0.25, 0.3) is 5.91 Å². The van der Waals surface area contributed by atoms with E-state index in [4.69, 9.17) is 10.5 Å². The molecule has 6 heteroatoms. The van der Waals surface area contributed by atoms with Crippen LogP contribution in [0.1, 0.15) is 37.4 Å². The van der Waals surface area contributed by atoms with Crippen LogP contribution in [-0.4, -0.2) is 11.7 Å². The molecule has 0 spiro atoms. The third-order valence-corrected chi connectivity index (χ3v) is 5.51. The van der Waals surface area contributed by atoms with Crippen molar-refractivity contribution >= 4 is 11.7 Å². The number of hydrogen-bond donors (Lipinski definition) is 1. The second kappa shape index (κ2) is 5.19. The zero-order chi connectivity index (χ0) is 17.7. The highest BCUT2D eigenvalue weighted by Gasteiger charge is 2.73. The molecule has 0 radical (unpaired) electrons. The fraction of sp³-hybridized carbons (Fsp3) is 0.368. The molecule has 0 fully saturated rings. The molecule has 3 atom stereocenters. The van der Waals surface area contributed by atoms with Crippen molar-refractivity contribution in [1.82, 2.24) is 0 Å². The Bertz CT molecular complexity index is 906. The predicted octanol–water partition coefficient (Wildman–Crippen LogP) is 2.50. The summed E-state index contributed by atoms with van der Waals surface area (Å²) in [4.78, 5) is 16.7. The van der Waals surface area contributed by atoms with Crippen LogP contribution >= 0.6 is 0 Å². The van der Waals surface area contributed by atoms with Gasteiger partial charge in [0.15, 0.2) is 16.9 Å². The molecule has 3 aliphatic rings. The minimum atomic E-state index is -1.69. The molecule has 1 aromatic rings. The SMILES string of the molecule is N#C[C@]12C(=O)N=C(N)[C@@]1(C#N)[C@H](c1ccccc1)OC1=C2CCCC1. The molecule has 1 amide bonds. The van der Waals surface area contributed by atoms with E-state index in [2.05, 4.69) is 17.1 Å². The number of allylic oxidation sites excluding steroid dienone is 1. The molecular formula is C19H16N4O2. The zero-order valence-corrected chi connectivity index (χ0v) is 13.5. The summed E-state index contributed by atoms with van der Waals surface area (Å²) >= 11 is 0. The molecule has 25 heavy (non-hydrogen) atoms. The molecular weight excluding hydrogens is 316 g/mol. The highest BCUT2D eigenvalue weighted by molar-refractivity contribution is 6.13. The van der Waals surface area contributed by atoms with Gasteiger partial charge in [-0.3, -0.25) is 4.79 Å². The third-order valence-electron chi connectivity index (χ3n) is 5.51. The number of benzene rings is 1. The van der Waals surface area contributed by atoms with E-state index in [1.165, 1.54) is 0 Å². The van der Waals surface area contributed by atoms with Crippen molar-refractivity contribution in [2.45, 2.75) is 31.8 Å². The number of carbonyl (C=O) groups excluding carboxylic acids is 1. The molecule has 2 heterocycles. The summed E-state index contributed by atoms with van der Waals surface area (Å²) in [6.45, 7) is 0. The van der Waals surface area contributed by atoms with Gasteiger partial charge in [-0.1, -0.05) is 30.3 Å². The van der Waals surface area contributed by atoms with E-state index >= 15 is 0 Å². The van der Waals surface area contributed by atoms with Crippen LogP contribution in [0.4, 0.5) is 0 Å². The van der Waals surface area contributed by atoms with Crippen molar-refractivity contribution in [2.75, 3.05) is 0 Å². The molecule has 6 nitrogen and oxygen atoms in total. The molecule has 124 valence electrons. The second-order valence-corrected chi connectivity index (χ2v) is 6.60. The average molecular weight is 332 g/mol. The van der Waals surface area contributed by atoms with E-state index in [1.54, 1.807) is 0 Å².